The van der Waals surface area contributed by atoms with E-state index >= 15 is 0 Å². The van der Waals surface area contributed by atoms with Crippen LogP contribution in [0.4, 0.5) is 0 Å². The first-order chi connectivity index (χ1) is 7.81. The molecule has 0 aliphatic heterocycles. The third kappa shape index (κ3) is 1.99. The largest absolute Gasteiger partial charge is 0.384 e. The Balaban J connectivity index is 2.44. The number of rotatable bonds is 1. The monoisotopic (exact) mass is 216 g/mol. The van der Waals surface area contributed by atoms with Crippen molar-refractivity contribution in [3.63, 3.8) is 0 Å². The van der Waals surface area contributed by atoms with E-state index in [1.54, 1.807) is 12.1 Å². The fourth-order valence-corrected chi connectivity index (χ4v) is 1.18. The molecular formula is C10H8N4O2. The molecule has 0 atom stereocenters. The summed E-state index contributed by atoms with van der Waals surface area (Å²) in [4.78, 5) is 15.3. The smallest absolute Gasteiger partial charge is 0.348 e. The van der Waals surface area contributed by atoms with E-state index in [0.717, 1.165) is 0 Å². The average Bonchev–Trinajstić information content (AvgIpc) is 2.73. The van der Waals surface area contributed by atoms with Gasteiger partial charge in [-0.3, -0.25) is 0 Å². The van der Waals surface area contributed by atoms with E-state index in [9.17, 15) is 4.79 Å². The molecule has 0 bridgehead atoms. The highest BCUT2D eigenvalue weighted by Crippen LogP contribution is 2.02. The van der Waals surface area contributed by atoms with Crippen molar-refractivity contribution in [2.24, 2.45) is 0 Å². The molecule has 2 rings (SSSR count). The van der Waals surface area contributed by atoms with Crippen molar-refractivity contribution in [3.8, 4) is 17.7 Å². The molecule has 0 aliphatic carbocycles. The van der Waals surface area contributed by atoms with Gasteiger partial charge in [-0.25, -0.2) is 19.4 Å². The Bertz CT molecular complexity index is 603. The van der Waals surface area contributed by atoms with Crippen LogP contribution in [0, 0.1) is 11.8 Å². The van der Waals surface area contributed by atoms with Crippen LogP contribution < -0.4 is 5.69 Å². The van der Waals surface area contributed by atoms with Crippen molar-refractivity contribution >= 4 is 0 Å². The second-order valence-electron chi connectivity index (χ2n) is 2.89. The van der Waals surface area contributed by atoms with Crippen LogP contribution in [0.15, 0.2) is 29.5 Å². The van der Waals surface area contributed by atoms with E-state index in [0.29, 0.717) is 11.4 Å². The summed E-state index contributed by atoms with van der Waals surface area (Å²) in [6.45, 7) is -0.205. The molecule has 0 amide bonds. The molecule has 0 aliphatic rings. The third-order valence-corrected chi connectivity index (χ3v) is 1.86. The second kappa shape index (κ2) is 4.42. The lowest BCUT2D eigenvalue weighted by Gasteiger charge is -1.98. The molecule has 0 radical (unpaired) electrons. The van der Waals surface area contributed by atoms with E-state index < -0.39 is 0 Å². The Hall–Kier alpha value is -2.39. The normalized spacial score (nSPS) is 9.56. The number of aliphatic hydroxyl groups excluding tert-OH is 1. The topological polar surface area (TPSA) is 83.8 Å². The summed E-state index contributed by atoms with van der Waals surface area (Å²) in [5, 5.41) is 14.4. The fourth-order valence-electron chi connectivity index (χ4n) is 1.18. The SMILES string of the molecule is O=c1[nH]ncn1-c1cc(C#CCO)ccn1. The maximum atomic E-state index is 11.3. The van der Waals surface area contributed by atoms with Crippen LogP contribution in [0.1, 0.15) is 5.56 Å². The second-order valence-corrected chi connectivity index (χ2v) is 2.89. The average molecular weight is 216 g/mol. The summed E-state index contributed by atoms with van der Waals surface area (Å²) in [5.41, 5.74) is 0.312. The number of nitrogens with one attached hydrogen (secondary N) is 1. The highest BCUT2D eigenvalue weighted by molar-refractivity contribution is 5.38. The quantitative estimate of drug-likeness (QED) is 0.617. The molecule has 6 heteroatoms. The summed E-state index contributed by atoms with van der Waals surface area (Å²) in [6.07, 6.45) is 2.88. The minimum Gasteiger partial charge on any atom is -0.384 e. The van der Waals surface area contributed by atoms with Crippen LogP contribution >= 0.6 is 0 Å². The van der Waals surface area contributed by atoms with Gasteiger partial charge in [0.2, 0.25) is 0 Å². The van der Waals surface area contributed by atoms with Gasteiger partial charge in [0.1, 0.15) is 18.8 Å². The highest BCUT2D eigenvalue weighted by atomic mass is 16.2. The molecule has 0 unspecified atom stereocenters. The van der Waals surface area contributed by atoms with Crippen molar-refractivity contribution in [1.82, 2.24) is 19.7 Å². The lowest BCUT2D eigenvalue weighted by atomic mass is 10.2. The lowest BCUT2D eigenvalue weighted by molar-refractivity contribution is 0.350. The van der Waals surface area contributed by atoms with Gasteiger partial charge in [-0.2, -0.15) is 5.10 Å². The molecule has 0 saturated carbocycles. The van der Waals surface area contributed by atoms with Crippen molar-refractivity contribution in [2.45, 2.75) is 0 Å². The summed E-state index contributed by atoms with van der Waals surface area (Å²) < 4.78 is 1.27. The first-order valence-corrected chi connectivity index (χ1v) is 4.49. The molecule has 0 aromatic carbocycles. The molecule has 2 heterocycles. The van der Waals surface area contributed by atoms with Crippen molar-refractivity contribution in [3.05, 3.63) is 40.7 Å². The van der Waals surface area contributed by atoms with Crippen molar-refractivity contribution in [1.29, 1.82) is 0 Å². The molecule has 0 spiro atoms. The predicted octanol–water partition coefficient (Wildman–Crippen LogP) is -0.701. The van der Waals surface area contributed by atoms with Gasteiger partial charge < -0.3 is 5.11 Å². The summed E-state index contributed by atoms with van der Waals surface area (Å²) in [6, 6.07) is 3.33. The van der Waals surface area contributed by atoms with E-state index in [-0.39, 0.29) is 12.3 Å². The zero-order valence-electron chi connectivity index (χ0n) is 8.21. The van der Waals surface area contributed by atoms with E-state index in [2.05, 4.69) is 27.0 Å². The lowest BCUT2D eigenvalue weighted by Crippen LogP contribution is -2.15. The van der Waals surface area contributed by atoms with Crippen LogP contribution in [-0.4, -0.2) is 31.5 Å². The molecule has 2 N–H and O–H groups in total. The van der Waals surface area contributed by atoms with E-state index in [1.165, 1.54) is 17.1 Å². The van der Waals surface area contributed by atoms with Gasteiger partial charge in [0.25, 0.3) is 0 Å². The minimum atomic E-state index is -0.361. The molecule has 0 saturated heterocycles. The highest BCUT2D eigenvalue weighted by Gasteiger charge is 2.01. The van der Waals surface area contributed by atoms with Gasteiger partial charge in [-0.1, -0.05) is 11.8 Å². The number of H-pyrrole nitrogens is 1. The third-order valence-electron chi connectivity index (χ3n) is 1.86. The van der Waals surface area contributed by atoms with Gasteiger partial charge in [0, 0.05) is 11.8 Å². The zero-order chi connectivity index (χ0) is 11.4. The molecule has 80 valence electrons. The summed E-state index contributed by atoms with van der Waals surface area (Å²) in [5.74, 6) is 5.68. The van der Waals surface area contributed by atoms with Gasteiger partial charge in [-0.05, 0) is 12.1 Å². The summed E-state index contributed by atoms with van der Waals surface area (Å²) in [7, 11) is 0. The Morgan fingerprint density at radius 1 is 1.56 bits per heavy atom. The Morgan fingerprint density at radius 3 is 3.12 bits per heavy atom. The number of aromatic amines is 1. The van der Waals surface area contributed by atoms with Crippen molar-refractivity contribution in [2.75, 3.05) is 6.61 Å². The molecule has 2 aromatic rings. The minimum absolute atomic E-state index is 0.205. The van der Waals surface area contributed by atoms with Crippen LogP contribution in [-0.2, 0) is 0 Å². The van der Waals surface area contributed by atoms with Crippen LogP contribution in [0.5, 0.6) is 0 Å². The Kier molecular flexibility index (Phi) is 2.80. The number of nitrogens with zero attached hydrogens (tertiary/aromatic N) is 3. The maximum absolute atomic E-state index is 11.3. The molecule has 0 fully saturated rings. The first-order valence-electron chi connectivity index (χ1n) is 4.49. The number of hydrogen-bond acceptors (Lipinski definition) is 4. The van der Waals surface area contributed by atoms with E-state index in [1.807, 2.05) is 0 Å². The van der Waals surface area contributed by atoms with Crippen molar-refractivity contribution < 1.29 is 5.11 Å². The number of pyridine rings is 1. The molecule has 16 heavy (non-hydrogen) atoms. The van der Waals surface area contributed by atoms with Crippen LogP contribution in [0.2, 0.25) is 0 Å². The molecule has 2 aromatic heterocycles. The van der Waals surface area contributed by atoms with Gasteiger partial charge in [0.05, 0.1) is 0 Å². The predicted molar refractivity (Wildman–Crippen MR) is 55.9 cm³/mol. The van der Waals surface area contributed by atoms with Gasteiger partial charge in [-0.15, -0.1) is 0 Å². The number of aromatic nitrogens is 4. The maximum Gasteiger partial charge on any atom is 0.348 e. The molecular weight excluding hydrogens is 208 g/mol. The standard InChI is InChI=1S/C10H8N4O2/c15-5-1-2-8-3-4-11-9(6-8)14-7-12-13-10(14)16/h3-4,6-7,15H,5H2,(H,13,16). The van der Waals surface area contributed by atoms with Gasteiger partial charge in [0.15, 0.2) is 0 Å². The summed E-state index contributed by atoms with van der Waals surface area (Å²) >= 11 is 0. The van der Waals surface area contributed by atoms with Crippen LogP contribution in [0.3, 0.4) is 0 Å². The fraction of sp³-hybridized carbons (Fsp3) is 0.100. The first kappa shape index (κ1) is 10.1. The van der Waals surface area contributed by atoms with Crippen LogP contribution in [0.25, 0.3) is 5.82 Å². The number of aliphatic hydroxyl groups is 1. The Labute approximate surface area is 90.6 Å². The van der Waals surface area contributed by atoms with Gasteiger partial charge >= 0.3 is 5.69 Å². The molecule has 6 nitrogen and oxygen atoms in total. The van der Waals surface area contributed by atoms with E-state index in [4.69, 9.17) is 5.11 Å². The number of hydrogen-bond donors (Lipinski definition) is 2. The Morgan fingerprint density at radius 2 is 2.44 bits per heavy atom. The zero-order valence-corrected chi connectivity index (χ0v) is 8.21.